The van der Waals surface area contributed by atoms with Crippen molar-refractivity contribution in [1.29, 1.82) is 0 Å². The lowest BCUT2D eigenvalue weighted by molar-refractivity contribution is -0.139. The van der Waals surface area contributed by atoms with Crippen LogP contribution in [0.3, 0.4) is 0 Å². The van der Waals surface area contributed by atoms with Gasteiger partial charge in [0.1, 0.15) is 11.4 Å². The van der Waals surface area contributed by atoms with E-state index in [0.29, 0.717) is 57.0 Å². The summed E-state index contributed by atoms with van der Waals surface area (Å²) in [4.78, 5) is 21.4. The first-order chi connectivity index (χ1) is 21.2. The van der Waals surface area contributed by atoms with Crippen LogP contribution in [0.1, 0.15) is 68.8 Å². The Kier molecular flexibility index (Phi) is 9.22. The molecule has 2 aliphatic heterocycles. The number of rotatable bonds is 7. The summed E-state index contributed by atoms with van der Waals surface area (Å²) < 4.78 is 112. The van der Waals surface area contributed by atoms with E-state index < -0.39 is 53.5 Å². The molecule has 2 unspecified atom stereocenters. The molecule has 0 spiro atoms. The van der Waals surface area contributed by atoms with Gasteiger partial charge < -0.3 is 9.80 Å². The van der Waals surface area contributed by atoms with Crippen molar-refractivity contribution < 1.29 is 35.1 Å². The van der Waals surface area contributed by atoms with E-state index in [4.69, 9.17) is 0 Å². The van der Waals surface area contributed by atoms with Crippen LogP contribution in [0.2, 0.25) is 0 Å². The van der Waals surface area contributed by atoms with Gasteiger partial charge in [0.15, 0.2) is 0 Å². The molecule has 0 bridgehead atoms. The van der Waals surface area contributed by atoms with Gasteiger partial charge in [0.25, 0.3) is 11.5 Å². The molecule has 248 valence electrons. The standard InChI is InChI=1S/C30H36F8N6O/c1-3-6-23(39-15-19(4-2)29(33,34)35)42-11-13-43(14-12-42)26(18-7-5-8-18)21-16-44(17-28(21,31)32)22-10-9-20-24(30(36,37)38)27(45)41-40-25(20)22/h4,6,15,21-22H,3,5,7-14,16-17H2,1-2H3,(H,41,45)/b19-4+,23-6-,39-15-. The molecule has 7 nitrogen and oxygen atoms in total. The summed E-state index contributed by atoms with van der Waals surface area (Å²) in [5, 5.41) is 5.79. The third-order valence-electron chi connectivity index (χ3n) is 9.12. The molecule has 2 saturated heterocycles. The maximum absolute atomic E-state index is 15.9. The largest absolute Gasteiger partial charge is 0.422 e. The second-order valence-electron chi connectivity index (χ2n) is 11.9. The van der Waals surface area contributed by atoms with Gasteiger partial charge in [-0.1, -0.05) is 18.6 Å². The Morgan fingerprint density at radius 3 is 2.29 bits per heavy atom. The molecule has 0 aromatic carbocycles. The van der Waals surface area contributed by atoms with E-state index in [-0.39, 0.29) is 30.6 Å². The summed E-state index contributed by atoms with van der Waals surface area (Å²) in [5.74, 6) is -3.95. The second-order valence-corrected chi connectivity index (χ2v) is 11.9. The zero-order valence-corrected chi connectivity index (χ0v) is 25.0. The number of aromatic nitrogens is 2. The number of alkyl halides is 8. The lowest BCUT2D eigenvalue weighted by atomic mass is 9.84. The number of piperazine rings is 1. The smallest absolute Gasteiger partial charge is 0.371 e. The Hall–Kier alpha value is -3.23. The SMILES string of the molecule is C\C=C(/C=N\C(=C\CC)N1CCN(C(=C2CCC2)C2CN(C3CCc4c3n[nH]c(=O)c4C(F)(F)F)CC2(F)F)CC1)C(F)(F)F. The Balaban J connectivity index is 1.34. The number of aliphatic imine (C=N–C) groups is 1. The Bertz CT molecular complexity index is 1440. The van der Waals surface area contributed by atoms with Crippen LogP contribution in [0.5, 0.6) is 0 Å². The fourth-order valence-electron chi connectivity index (χ4n) is 6.81. The molecule has 5 rings (SSSR count). The van der Waals surface area contributed by atoms with Gasteiger partial charge in [-0.05, 0) is 57.1 Å². The van der Waals surface area contributed by atoms with E-state index in [1.807, 2.05) is 21.8 Å². The highest BCUT2D eigenvalue weighted by atomic mass is 19.4. The molecule has 1 saturated carbocycles. The van der Waals surface area contributed by atoms with Gasteiger partial charge in [-0.3, -0.25) is 9.69 Å². The number of hydrogen-bond acceptors (Lipinski definition) is 6. The van der Waals surface area contributed by atoms with Crippen LogP contribution in [0.15, 0.2) is 44.6 Å². The van der Waals surface area contributed by atoms with Crippen molar-refractivity contribution in [1.82, 2.24) is 24.9 Å². The Labute approximate surface area is 255 Å². The van der Waals surface area contributed by atoms with Crippen molar-refractivity contribution in [3.05, 3.63) is 62.0 Å². The summed E-state index contributed by atoms with van der Waals surface area (Å²) in [5.41, 5.74) is -2.25. The fourth-order valence-corrected chi connectivity index (χ4v) is 6.81. The summed E-state index contributed by atoms with van der Waals surface area (Å²) in [6.45, 7) is 3.87. The lowest BCUT2D eigenvalue weighted by Gasteiger charge is -2.43. The number of H-pyrrole nitrogens is 1. The van der Waals surface area contributed by atoms with Gasteiger partial charge in [0.05, 0.1) is 29.8 Å². The number of likely N-dealkylation sites (tertiary alicyclic amines) is 1. The topological polar surface area (TPSA) is 67.8 Å². The summed E-state index contributed by atoms with van der Waals surface area (Å²) in [6, 6.07) is -0.781. The maximum Gasteiger partial charge on any atom is 0.422 e. The zero-order chi connectivity index (χ0) is 32.7. The van der Waals surface area contributed by atoms with E-state index in [2.05, 4.69) is 10.1 Å². The van der Waals surface area contributed by atoms with Gasteiger partial charge in [0.2, 0.25) is 0 Å². The first-order valence-electron chi connectivity index (χ1n) is 15.2. The quantitative estimate of drug-likeness (QED) is 0.281. The number of fused-ring (bicyclic) bond motifs is 1. The predicted octanol–water partition coefficient (Wildman–Crippen LogP) is 6.23. The van der Waals surface area contributed by atoms with Crippen LogP contribution >= 0.6 is 0 Å². The van der Waals surface area contributed by atoms with Crippen molar-refractivity contribution in [2.45, 2.75) is 76.7 Å². The third-order valence-corrected chi connectivity index (χ3v) is 9.12. The summed E-state index contributed by atoms with van der Waals surface area (Å²) >= 11 is 0. The predicted molar refractivity (Wildman–Crippen MR) is 152 cm³/mol. The molecular weight excluding hydrogens is 612 g/mol. The van der Waals surface area contributed by atoms with Gasteiger partial charge in [-0.25, -0.2) is 18.9 Å². The monoisotopic (exact) mass is 648 g/mol. The molecule has 1 aromatic rings. The van der Waals surface area contributed by atoms with Crippen molar-refractivity contribution >= 4 is 6.21 Å². The highest BCUT2D eigenvalue weighted by molar-refractivity contribution is 5.80. The number of allylic oxidation sites excluding steroid dienone is 4. The number of nitrogens with one attached hydrogen (secondary N) is 1. The maximum atomic E-state index is 15.9. The molecule has 0 amide bonds. The molecule has 45 heavy (non-hydrogen) atoms. The average Bonchev–Trinajstić information content (AvgIpc) is 3.48. The molecule has 2 aliphatic carbocycles. The van der Waals surface area contributed by atoms with E-state index in [0.717, 1.165) is 24.3 Å². The van der Waals surface area contributed by atoms with Crippen molar-refractivity contribution in [3.8, 4) is 0 Å². The molecule has 4 aliphatic rings. The summed E-state index contributed by atoms with van der Waals surface area (Å²) in [7, 11) is 0. The molecule has 1 N–H and O–H groups in total. The molecule has 3 heterocycles. The van der Waals surface area contributed by atoms with Gasteiger partial charge in [-0.2, -0.15) is 31.4 Å². The van der Waals surface area contributed by atoms with Crippen LogP contribution in [-0.2, 0) is 12.6 Å². The van der Waals surface area contributed by atoms with E-state index in [9.17, 15) is 31.1 Å². The van der Waals surface area contributed by atoms with Crippen LogP contribution in [0.25, 0.3) is 0 Å². The molecular formula is C30H36F8N6O. The molecule has 1 aromatic heterocycles. The fraction of sp³-hybridized carbons (Fsp3) is 0.633. The molecule has 2 atom stereocenters. The van der Waals surface area contributed by atoms with Crippen LogP contribution in [-0.4, -0.2) is 82.5 Å². The average molecular weight is 649 g/mol. The van der Waals surface area contributed by atoms with Gasteiger partial charge >= 0.3 is 12.4 Å². The van der Waals surface area contributed by atoms with Crippen LogP contribution in [0.4, 0.5) is 35.1 Å². The third kappa shape index (κ3) is 6.68. The summed E-state index contributed by atoms with van der Waals surface area (Å²) in [6.07, 6.45) is -3.10. The minimum Gasteiger partial charge on any atom is -0.371 e. The number of aromatic amines is 1. The Morgan fingerprint density at radius 1 is 1.07 bits per heavy atom. The minimum absolute atomic E-state index is 0.00719. The van der Waals surface area contributed by atoms with E-state index in [1.165, 1.54) is 11.8 Å². The van der Waals surface area contributed by atoms with Crippen LogP contribution < -0.4 is 5.56 Å². The number of halogens is 8. The highest BCUT2D eigenvalue weighted by Gasteiger charge is 2.54. The first kappa shape index (κ1) is 33.1. The van der Waals surface area contributed by atoms with Gasteiger partial charge in [-0.15, -0.1) is 0 Å². The van der Waals surface area contributed by atoms with Crippen LogP contribution in [0, 0.1) is 5.92 Å². The van der Waals surface area contributed by atoms with Crippen molar-refractivity contribution in [2.24, 2.45) is 10.9 Å². The van der Waals surface area contributed by atoms with E-state index >= 15 is 8.78 Å². The minimum atomic E-state index is -4.89. The van der Waals surface area contributed by atoms with E-state index in [1.54, 1.807) is 6.08 Å². The van der Waals surface area contributed by atoms with Crippen molar-refractivity contribution in [3.63, 3.8) is 0 Å². The molecule has 15 heteroatoms. The zero-order valence-electron chi connectivity index (χ0n) is 25.0. The number of hydrogen-bond donors (Lipinski definition) is 1. The van der Waals surface area contributed by atoms with Crippen molar-refractivity contribution in [2.75, 3.05) is 39.3 Å². The Morgan fingerprint density at radius 2 is 1.73 bits per heavy atom. The van der Waals surface area contributed by atoms with Gasteiger partial charge in [0, 0.05) is 44.6 Å². The molecule has 0 radical (unpaired) electrons. The lowest BCUT2D eigenvalue weighted by Crippen LogP contribution is -2.48. The highest BCUT2D eigenvalue weighted by Crippen LogP contribution is 2.48. The number of nitrogens with zero attached hydrogens (tertiary/aromatic N) is 5. The first-order valence-corrected chi connectivity index (χ1v) is 15.2. The second kappa shape index (κ2) is 12.5. The normalized spacial score (nSPS) is 24.9. The molecule has 3 fully saturated rings.